The van der Waals surface area contributed by atoms with Crippen molar-refractivity contribution in [3.63, 3.8) is 0 Å². The third-order valence-corrected chi connectivity index (χ3v) is 9.57. The van der Waals surface area contributed by atoms with Crippen molar-refractivity contribution in [2.45, 2.75) is 55.1 Å². The van der Waals surface area contributed by atoms with Crippen molar-refractivity contribution in [3.8, 4) is 11.1 Å². The first-order valence-corrected chi connectivity index (χ1v) is 13.6. The minimum Gasteiger partial charge on any atom is -0.668 e. The standard InChI is InChI=1S/C21H23.2C2H6N.C2H4O.Ti/c1-5-15-13-17-7-6-8-19(20(17)14-15)16-9-11-18(12-10-16)21(2,3)4;2*1-3-2;1-2-3;/h6-14H,5H2,1-4H3;2*1-2H3;2H,1H3;/q;3*-1;+3. The van der Waals surface area contributed by atoms with Crippen LogP contribution in [-0.4, -0.2) is 32.6 Å². The van der Waals surface area contributed by atoms with Gasteiger partial charge in [0.05, 0.1) is 0 Å². The molecular formula is C27H39N2OTi. The predicted octanol–water partition coefficient (Wildman–Crippen LogP) is 7.65. The third-order valence-electron chi connectivity index (χ3n) is 5.56. The average molecular weight is 455 g/mol. The Morgan fingerprint density at radius 2 is 1.48 bits per heavy atom. The molecule has 2 atom stereocenters. The summed E-state index contributed by atoms with van der Waals surface area (Å²) >= 11 is -1.39. The Hall–Kier alpha value is -1.23. The fourth-order valence-electron chi connectivity index (χ4n) is 3.98. The number of hydrogen-bond acceptors (Lipinski definition) is 1. The second-order valence-electron chi connectivity index (χ2n) is 9.20. The molecule has 0 spiro atoms. The maximum Gasteiger partial charge on any atom is -0.162 e. The van der Waals surface area contributed by atoms with Gasteiger partial charge in [-0.3, -0.25) is 0 Å². The van der Waals surface area contributed by atoms with Crippen LogP contribution in [0.4, 0.5) is 0 Å². The van der Waals surface area contributed by atoms with Crippen molar-refractivity contribution in [2.75, 3.05) is 28.2 Å². The number of hydrogen-bond donors (Lipinski definition) is 0. The van der Waals surface area contributed by atoms with Crippen LogP contribution in [0.15, 0.2) is 48.0 Å². The van der Waals surface area contributed by atoms with Crippen molar-refractivity contribution in [3.05, 3.63) is 75.4 Å². The van der Waals surface area contributed by atoms with Gasteiger partial charge >= 0.3 is 159 Å². The Morgan fingerprint density at radius 1 is 0.935 bits per heavy atom. The van der Waals surface area contributed by atoms with Gasteiger partial charge in [0, 0.05) is 0 Å². The number of nitrogens with zero attached hydrogens (tertiary/aromatic N) is 2. The Balaban J connectivity index is 0.000000513. The molecule has 0 bridgehead atoms. The van der Waals surface area contributed by atoms with Gasteiger partial charge in [-0.25, -0.2) is 0 Å². The van der Waals surface area contributed by atoms with Crippen molar-refractivity contribution in [1.29, 1.82) is 0 Å². The van der Waals surface area contributed by atoms with Crippen LogP contribution in [0.2, 0.25) is 0 Å². The summed E-state index contributed by atoms with van der Waals surface area (Å²) in [4.78, 5) is 0. The SMILES string of the molecule is CCC1=Cc2c(-c3ccc(C(C)(C)C)cc3)cccc2[CH]1[Ti+2]1[O][CH]1C.C[N-]C.C[N-]C. The molecule has 1 saturated heterocycles. The Morgan fingerprint density at radius 3 is 1.94 bits per heavy atom. The van der Waals surface area contributed by atoms with E-state index in [1.165, 1.54) is 27.8 Å². The maximum atomic E-state index is 6.01. The summed E-state index contributed by atoms with van der Waals surface area (Å²) in [5.41, 5.74) is 8.84. The molecule has 1 fully saturated rings. The van der Waals surface area contributed by atoms with Crippen LogP contribution in [0.5, 0.6) is 0 Å². The summed E-state index contributed by atoms with van der Waals surface area (Å²) in [6.45, 7) is 11.4. The first kappa shape index (κ1) is 26.0. The molecule has 2 aromatic rings. The molecule has 4 rings (SSSR count). The minimum atomic E-state index is -1.39. The molecule has 1 aliphatic carbocycles. The van der Waals surface area contributed by atoms with Gasteiger partial charge in [0.25, 0.3) is 0 Å². The minimum absolute atomic E-state index is 0.198. The first-order chi connectivity index (χ1) is 14.7. The predicted molar refractivity (Wildman–Crippen MR) is 133 cm³/mol. The normalized spacial score (nSPS) is 18.9. The van der Waals surface area contributed by atoms with Gasteiger partial charge in [0.15, 0.2) is 0 Å². The second-order valence-corrected chi connectivity index (χ2v) is 13.0. The first-order valence-electron chi connectivity index (χ1n) is 11.2. The number of allylic oxidation sites excluding steroid dienone is 1. The van der Waals surface area contributed by atoms with Crippen molar-refractivity contribution >= 4 is 6.08 Å². The van der Waals surface area contributed by atoms with Gasteiger partial charge in [-0.2, -0.15) is 28.2 Å². The zero-order valence-electron chi connectivity index (χ0n) is 20.8. The molecule has 2 unspecified atom stereocenters. The molecule has 2 aliphatic rings. The molecular weight excluding hydrogens is 416 g/mol. The molecule has 0 saturated carbocycles. The fourth-order valence-corrected chi connectivity index (χ4v) is 7.79. The summed E-state index contributed by atoms with van der Waals surface area (Å²) in [7, 11) is 7.00. The molecule has 4 heteroatoms. The molecule has 167 valence electrons. The maximum absolute atomic E-state index is 6.01. The largest absolute Gasteiger partial charge is 0.668 e. The summed E-state index contributed by atoms with van der Waals surface area (Å²) in [5, 5.41) is 7.00. The third kappa shape index (κ3) is 6.40. The van der Waals surface area contributed by atoms with Gasteiger partial charge in [0.2, 0.25) is 0 Å². The van der Waals surface area contributed by atoms with Crippen LogP contribution in [0.1, 0.15) is 62.0 Å². The zero-order valence-corrected chi connectivity index (χ0v) is 22.3. The quantitative estimate of drug-likeness (QED) is 0.346. The summed E-state index contributed by atoms with van der Waals surface area (Å²) in [6, 6.07) is 16.0. The number of fused-ring (bicyclic) bond motifs is 1. The van der Waals surface area contributed by atoms with Crippen LogP contribution in [0.25, 0.3) is 27.8 Å². The van der Waals surface area contributed by atoms with E-state index in [0.717, 1.165) is 6.42 Å². The summed E-state index contributed by atoms with van der Waals surface area (Å²) < 4.78 is 7.19. The van der Waals surface area contributed by atoms with Crippen LogP contribution in [-0.2, 0) is 27.0 Å². The van der Waals surface area contributed by atoms with E-state index in [2.05, 4.69) is 93.8 Å². The average Bonchev–Trinajstić information content (AvgIpc) is 3.32. The summed E-state index contributed by atoms with van der Waals surface area (Å²) in [6.07, 6.45) is 3.59. The van der Waals surface area contributed by atoms with Gasteiger partial charge < -0.3 is 10.6 Å². The Labute approximate surface area is 197 Å². The van der Waals surface area contributed by atoms with Gasteiger partial charge in [-0.1, -0.05) is 0 Å². The van der Waals surface area contributed by atoms with Crippen LogP contribution in [0, 0.1) is 0 Å². The Bertz CT molecular complexity index is 866. The molecule has 0 amide bonds. The second kappa shape index (κ2) is 11.6. The van der Waals surface area contributed by atoms with Crippen molar-refractivity contribution in [2.24, 2.45) is 0 Å². The monoisotopic (exact) mass is 455 g/mol. The molecule has 1 aliphatic heterocycles. The molecule has 3 nitrogen and oxygen atoms in total. The van der Waals surface area contributed by atoms with Crippen LogP contribution in [0.3, 0.4) is 0 Å². The molecule has 0 aromatic heterocycles. The topological polar surface area (TPSA) is 40.7 Å². The van der Waals surface area contributed by atoms with Gasteiger partial charge in [-0.05, 0) is 0 Å². The molecule has 1 heterocycles. The molecule has 2 aromatic carbocycles. The van der Waals surface area contributed by atoms with E-state index >= 15 is 0 Å². The van der Waals surface area contributed by atoms with Gasteiger partial charge in [0.1, 0.15) is 0 Å². The number of benzene rings is 2. The van der Waals surface area contributed by atoms with E-state index in [1.807, 2.05) is 0 Å². The van der Waals surface area contributed by atoms with Crippen molar-refractivity contribution in [1.82, 2.24) is 0 Å². The van der Waals surface area contributed by atoms with Crippen LogP contribution < -0.4 is 0 Å². The van der Waals surface area contributed by atoms with Gasteiger partial charge in [-0.15, -0.1) is 0 Å². The van der Waals surface area contributed by atoms with E-state index in [-0.39, 0.29) is 5.41 Å². The van der Waals surface area contributed by atoms with E-state index in [0.29, 0.717) is 8.63 Å². The molecule has 0 radical (unpaired) electrons. The molecule has 31 heavy (non-hydrogen) atoms. The zero-order chi connectivity index (χ0) is 23.2. The molecule has 0 N–H and O–H groups in total. The fraction of sp³-hybridized carbons (Fsp3) is 0.481. The van der Waals surface area contributed by atoms with E-state index in [4.69, 9.17) is 3.32 Å². The van der Waals surface area contributed by atoms with Crippen LogP contribution >= 0.6 is 0 Å². The van der Waals surface area contributed by atoms with E-state index < -0.39 is 18.3 Å². The smallest absolute Gasteiger partial charge is 0.162 e. The Kier molecular flexibility index (Phi) is 9.73. The summed E-state index contributed by atoms with van der Waals surface area (Å²) in [5.74, 6) is 0. The van der Waals surface area contributed by atoms with E-state index in [1.54, 1.807) is 33.8 Å². The van der Waals surface area contributed by atoms with Crippen molar-refractivity contribution < 1.29 is 21.6 Å². The van der Waals surface area contributed by atoms with E-state index in [9.17, 15) is 0 Å². The number of rotatable bonds is 3.